The Morgan fingerprint density at radius 3 is 2.50 bits per heavy atom. The van der Waals surface area contributed by atoms with E-state index in [4.69, 9.17) is 27.9 Å². The van der Waals surface area contributed by atoms with Gasteiger partial charge in [-0.3, -0.25) is 4.98 Å². The summed E-state index contributed by atoms with van der Waals surface area (Å²) in [6, 6.07) is 5.57. The molecular weight excluding hydrogens is 269 g/mol. The number of alkyl halides is 1. The van der Waals surface area contributed by atoms with Gasteiger partial charge >= 0.3 is 0 Å². The van der Waals surface area contributed by atoms with Crippen molar-refractivity contribution in [2.24, 2.45) is 0 Å². The van der Waals surface area contributed by atoms with E-state index in [1.165, 1.54) is 0 Å². The number of pyridine rings is 1. The second-order valence-corrected chi connectivity index (χ2v) is 4.79. The molecule has 0 aliphatic rings. The Morgan fingerprint density at radius 2 is 1.89 bits per heavy atom. The van der Waals surface area contributed by atoms with E-state index in [0.29, 0.717) is 10.9 Å². The van der Waals surface area contributed by atoms with Crippen LogP contribution in [-0.2, 0) is 5.88 Å². The Kier molecular flexibility index (Phi) is 4.10. The molecule has 0 N–H and O–H groups in total. The lowest BCUT2D eigenvalue weighted by molar-refractivity contribution is 0.470. The third-order valence-corrected chi connectivity index (χ3v) is 3.15. The van der Waals surface area contributed by atoms with E-state index in [0.717, 1.165) is 28.2 Å². The van der Waals surface area contributed by atoms with Crippen LogP contribution in [0.2, 0.25) is 5.02 Å². The molecule has 0 aliphatic carbocycles. The highest BCUT2D eigenvalue weighted by Crippen LogP contribution is 2.32. The second kappa shape index (κ2) is 5.59. The van der Waals surface area contributed by atoms with Gasteiger partial charge in [-0.05, 0) is 43.2 Å². The first-order chi connectivity index (χ1) is 8.61. The summed E-state index contributed by atoms with van der Waals surface area (Å²) in [4.78, 5) is 4.03. The van der Waals surface area contributed by atoms with E-state index in [1.807, 2.05) is 32.0 Å². The molecule has 18 heavy (non-hydrogen) atoms. The van der Waals surface area contributed by atoms with Crippen LogP contribution in [0.4, 0.5) is 0 Å². The summed E-state index contributed by atoms with van der Waals surface area (Å²) in [5.41, 5.74) is 2.86. The van der Waals surface area contributed by atoms with E-state index in [1.54, 1.807) is 12.4 Å². The van der Waals surface area contributed by atoms with Gasteiger partial charge in [0.2, 0.25) is 0 Å². The molecule has 0 unspecified atom stereocenters. The molecule has 0 fully saturated rings. The van der Waals surface area contributed by atoms with Crippen molar-refractivity contribution in [2.75, 3.05) is 0 Å². The van der Waals surface area contributed by atoms with Crippen molar-refractivity contribution in [2.45, 2.75) is 19.7 Å². The fourth-order valence-electron chi connectivity index (χ4n) is 1.78. The van der Waals surface area contributed by atoms with Crippen molar-refractivity contribution in [3.63, 3.8) is 0 Å². The van der Waals surface area contributed by atoms with Gasteiger partial charge in [0, 0.05) is 23.0 Å². The lowest BCUT2D eigenvalue weighted by atomic mass is 10.1. The zero-order chi connectivity index (χ0) is 13.1. The van der Waals surface area contributed by atoms with Crippen LogP contribution in [0.15, 0.2) is 30.6 Å². The zero-order valence-electron chi connectivity index (χ0n) is 10.2. The van der Waals surface area contributed by atoms with Crippen LogP contribution in [0.3, 0.4) is 0 Å². The molecule has 0 atom stereocenters. The molecule has 2 rings (SSSR count). The van der Waals surface area contributed by atoms with Crippen molar-refractivity contribution >= 4 is 23.2 Å². The van der Waals surface area contributed by atoms with Gasteiger partial charge in [0.05, 0.1) is 5.88 Å². The van der Waals surface area contributed by atoms with Crippen LogP contribution in [-0.4, -0.2) is 4.98 Å². The molecule has 0 spiro atoms. The third kappa shape index (κ3) is 2.77. The molecule has 1 aromatic carbocycles. The summed E-state index contributed by atoms with van der Waals surface area (Å²) in [6.07, 6.45) is 3.40. The summed E-state index contributed by atoms with van der Waals surface area (Å²) >= 11 is 11.9. The maximum absolute atomic E-state index is 6.00. The van der Waals surface area contributed by atoms with Crippen LogP contribution < -0.4 is 4.74 Å². The van der Waals surface area contributed by atoms with E-state index >= 15 is 0 Å². The fourth-order valence-corrected chi connectivity index (χ4v) is 2.31. The van der Waals surface area contributed by atoms with Gasteiger partial charge < -0.3 is 4.74 Å². The minimum absolute atomic E-state index is 0.370. The minimum atomic E-state index is 0.370. The molecule has 0 saturated carbocycles. The summed E-state index contributed by atoms with van der Waals surface area (Å²) in [6.45, 7) is 3.94. The molecular formula is C14H13Cl2NO. The maximum atomic E-state index is 6.00. The topological polar surface area (TPSA) is 22.1 Å². The molecule has 94 valence electrons. The first-order valence-electron chi connectivity index (χ1n) is 5.55. The molecule has 1 aromatic heterocycles. The summed E-state index contributed by atoms with van der Waals surface area (Å²) in [5.74, 6) is 1.92. The molecule has 1 heterocycles. The summed E-state index contributed by atoms with van der Waals surface area (Å²) in [5, 5.41) is 0.713. The highest BCUT2D eigenvalue weighted by molar-refractivity contribution is 6.30. The average molecular weight is 282 g/mol. The zero-order valence-corrected chi connectivity index (χ0v) is 11.7. The Morgan fingerprint density at radius 1 is 1.22 bits per heavy atom. The lowest BCUT2D eigenvalue weighted by Crippen LogP contribution is -1.94. The lowest BCUT2D eigenvalue weighted by Gasteiger charge is -2.14. The molecule has 0 aliphatic heterocycles. The van der Waals surface area contributed by atoms with Gasteiger partial charge in [-0.15, -0.1) is 11.6 Å². The molecule has 0 bridgehead atoms. The number of hydrogen-bond acceptors (Lipinski definition) is 2. The van der Waals surface area contributed by atoms with Gasteiger partial charge in [-0.2, -0.15) is 0 Å². The van der Waals surface area contributed by atoms with E-state index in [-0.39, 0.29) is 0 Å². The number of rotatable bonds is 3. The number of hydrogen-bond donors (Lipinski definition) is 0. The monoisotopic (exact) mass is 281 g/mol. The van der Waals surface area contributed by atoms with Gasteiger partial charge in [0.15, 0.2) is 0 Å². The van der Waals surface area contributed by atoms with Crippen molar-refractivity contribution < 1.29 is 4.74 Å². The molecule has 0 radical (unpaired) electrons. The number of aromatic nitrogens is 1. The number of aryl methyl sites for hydroxylation is 2. The maximum Gasteiger partial charge on any atom is 0.134 e. The molecule has 0 saturated heterocycles. The first-order valence-corrected chi connectivity index (χ1v) is 6.46. The van der Waals surface area contributed by atoms with Gasteiger partial charge in [0.25, 0.3) is 0 Å². The van der Waals surface area contributed by atoms with E-state index < -0.39 is 0 Å². The Hall–Kier alpha value is -1.25. The number of halogens is 2. The van der Waals surface area contributed by atoms with Crippen LogP contribution in [0.1, 0.15) is 16.7 Å². The first kappa shape index (κ1) is 13.2. The fraction of sp³-hybridized carbons (Fsp3) is 0.214. The van der Waals surface area contributed by atoms with Gasteiger partial charge in [-0.25, -0.2) is 0 Å². The molecule has 4 heteroatoms. The highest BCUT2D eigenvalue weighted by Gasteiger charge is 2.09. The summed E-state index contributed by atoms with van der Waals surface area (Å²) in [7, 11) is 0. The normalized spacial score (nSPS) is 10.4. The SMILES string of the molecule is Cc1cc(Cl)cc(C)c1Oc1ccncc1CCl. The number of nitrogens with zero attached hydrogens (tertiary/aromatic N) is 1. The Balaban J connectivity index is 2.40. The predicted octanol–water partition coefficient (Wildman–Crippen LogP) is 4.88. The predicted molar refractivity (Wildman–Crippen MR) is 74.8 cm³/mol. The van der Waals surface area contributed by atoms with Crippen LogP contribution in [0, 0.1) is 13.8 Å². The molecule has 2 aromatic rings. The quantitative estimate of drug-likeness (QED) is 0.748. The van der Waals surface area contributed by atoms with Gasteiger partial charge in [0.1, 0.15) is 11.5 Å². The average Bonchev–Trinajstić information content (AvgIpc) is 2.34. The van der Waals surface area contributed by atoms with Crippen molar-refractivity contribution in [1.82, 2.24) is 4.98 Å². The third-order valence-electron chi connectivity index (χ3n) is 2.64. The van der Waals surface area contributed by atoms with E-state index in [2.05, 4.69) is 4.98 Å². The smallest absolute Gasteiger partial charge is 0.134 e. The summed E-state index contributed by atoms with van der Waals surface area (Å²) < 4.78 is 5.93. The van der Waals surface area contributed by atoms with Crippen LogP contribution >= 0.6 is 23.2 Å². The Bertz CT molecular complexity index is 546. The molecule has 2 nitrogen and oxygen atoms in total. The standard InChI is InChI=1S/C14H13Cl2NO/c1-9-5-12(16)6-10(2)14(9)18-13-3-4-17-8-11(13)7-15/h3-6,8H,7H2,1-2H3. The van der Waals surface area contributed by atoms with Crippen LogP contribution in [0.25, 0.3) is 0 Å². The Labute approximate surface area is 117 Å². The van der Waals surface area contributed by atoms with Crippen LogP contribution in [0.5, 0.6) is 11.5 Å². The van der Waals surface area contributed by atoms with E-state index in [9.17, 15) is 0 Å². The number of ether oxygens (including phenoxy) is 1. The van der Waals surface area contributed by atoms with Gasteiger partial charge in [-0.1, -0.05) is 11.6 Å². The highest BCUT2D eigenvalue weighted by atomic mass is 35.5. The second-order valence-electron chi connectivity index (χ2n) is 4.09. The minimum Gasteiger partial charge on any atom is -0.456 e. The number of benzene rings is 1. The largest absolute Gasteiger partial charge is 0.456 e. The van der Waals surface area contributed by atoms with Crippen molar-refractivity contribution in [3.8, 4) is 11.5 Å². The molecule has 0 amide bonds. The van der Waals surface area contributed by atoms with Crippen molar-refractivity contribution in [1.29, 1.82) is 0 Å². The van der Waals surface area contributed by atoms with Crippen molar-refractivity contribution in [3.05, 3.63) is 52.3 Å².